The van der Waals surface area contributed by atoms with Crippen LogP contribution in [0.2, 0.25) is 0 Å². The number of aromatic nitrogens is 5. The van der Waals surface area contributed by atoms with Crippen molar-refractivity contribution < 1.29 is 22.0 Å². The lowest BCUT2D eigenvalue weighted by atomic mass is 9.73. The normalized spacial score (nSPS) is 18.6. The van der Waals surface area contributed by atoms with Gasteiger partial charge in [-0.15, -0.1) is 0 Å². The van der Waals surface area contributed by atoms with E-state index in [0.29, 0.717) is 42.3 Å². The van der Waals surface area contributed by atoms with E-state index in [1.807, 2.05) is 4.90 Å². The third kappa shape index (κ3) is 3.82. The predicted octanol–water partition coefficient (Wildman–Crippen LogP) is 3.61. The smallest absolute Gasteiger partial charge is 0.370 e. The van der Waals surface area contributed by atoms with Crippen LogP contribution in [-0.2, 0) is 12.7 Å². The summed E-state index contributed by atoms with van der Waals surface area (Å²) in [5.41, 5.74) is 0.306. The summed E-state index contributed by atoms with van der Waals surface area (Å²) in [4.78, 5) is 16.3. The van der Waals surface area contributed by atoms with Gasteiger partial charge in [-0.25, -0.2) is 23.4 Å². The summed E-state index contributed by atoms with van der Waals surface area (Å²) in [5.74, 6) is 0.592. The predicted molar refractivity (Wildman–Crippen MR) is 107 cm³/mol. The molecule has 0 bridgehead atoms. The van der Waals surface area contributed by atoms with Gasteiger partial charge in [-0.3, -0.25) is 4.98 Å². The second kappa shape index (κ2) is 7.52. The molecule has 5 rings (SSSR count). The van der Waals surface area contributed by atoms with Crippen LogP contribution in [0.1, 0.15) is 18.5 Å². The third-order valence-corrected chi connectivity index (χ3v) is 6.08. The van der Waals surface area contributed by atoms with E-state index in [2.05, 4.69) is 25.0 Å². The average Bonchev–Trinajstić information content (AvgIpc) is 3.13. The molecule has 0 radical (unpaired) electrons. The van der Waals surface area contributed by atoms with Crippen LogP contribution < -0.4 is 9.80 Å². The lowest BCUT2D eigenvalue weighted by Crippen LogP contribution is -2.63. The van der Waals surface area contributed by atoms with Crippen LogP contribution >= 0.6 is 0 Å². The molecule has 7 nitrogen and oxygen atoms in total. The number of alkyl halides is 5. The van der Waals surface area contributed by atoms with E-state index in [0.717, 1.165) is 30.1 Å². The zero-order valence-electron chi connectivity index (χ0n) is 16.9. The van der Waals surface area contributed by atoms with Crippen molar-refractivity contribution in [2.75, 3.05) is 36.0 Å². The van der Waals surface area contributed by atoms with E-state index >= 15 is 0 Å². The average molecular weight is 453 g/mol. The molecule has 1 spiro atoms. The van der Waals surface area contributed by atoms with Crippen LogP contribution in [0.15, 0.2) is 30.7 Å². The fraction of sp³-hybridized carbons (Fsp3) is 0.500. The Balaban J connectivity index is 1.32. The minimum atomic E-state index is -4.48. The monoisotopic (exact) mass is 453 g/mol. The number of halogens is 5. The lowest BCUT2D eigenvalue weighted by molar-refractivity contribution is -0.141. The molecule has 0 aliphatic carbocycles. The second-order valence-corrected chi connectivity index (χ2v) is 8.43. The fourth-order valence-corrected chi connectivity index (χ4v) is 4.64. The van der Waals surface area contributed by atoms with Crippen molar-refractivity contribution in [2.24, 2.45) is 5.41 Å². The number of rotatable bonds is 4. The van der Waals surface area contributed by atoms with Crippen molar-refractivity contribution in [2.45, 2.75) is 32.0 Å². The summed E-state index contributed by atoms with van der Waals surface area (Å²) in [5, 5.41) is 3.95. The van der Waals surface area contributed by atoms with Gasteiger partial charge in [-0.1, -0.05) is 0 Å². The highest BCUT2D eigenvalue weighted by molar-refractivity contribution is 5.71. The first-order valence-corrected chi connectivity index (χ1v) is 10.2. The number of hydrogen-bond acceptors (Lipinski definition) is 6. The molecule has 2 saturated heterocycles. The minimum Gasteiger partial charge on any atom is -0.370 e. The topological polar surface area (TPSA) is 63.0 Å². The van der Waals surface area contributed by atoms with Gasteiger partial charge in [-0.2, -0.15) is 18.3 Å². The first-order valence-electron chi connectivity index (χ1n) is 10.2. The van der Waals surface area contributed by atoms with E-state index in [1.165, 1.54) is 12.4 Å². The van der Waals surface area contributed by atoms with Gasteiger partial charge in [0.15, 0.2) is 5.65 Å². The number of pyridine rings is 1. The molecule has 2 aliphatic rings. The van der Waals surface area contributed by atoms with Gasteiger partial charge < -0.3 is 9.80 Å². The van der Waals surface area contributed by atoms with Crippen LogP contribution in [0.3, 0.4) is 0 Å². The van der Waals surface area contributed by atoms with E-state index in [-0.39, 0.29) is 5.41 Å². The maximum Gasteiger partial charge on any atom is 0.433 e. The molecule has 0 unspecified atom stereocenters. The first-order chi connectivity index (χ1) is 15.2. The zero-order valence-corrected chi connectivity index (χ0v) is 16.9. The van der Waals surface area contributed by atoms with Gasteiger partial charge in [-0.05, 0) is 25.0 Å². The summed E-state index contributed by atoms with van der Waals surface area (Å²) in [6, 6.07) is 2.67. The molecular formula is C20H20F5N7. The zero-order chi connectivity index (χ0) is 22.5. The fourth-order valence-electron chi connectivity index (χ4n) is 4.64. The summed E-state index contributed by atoms with van der Waals surface area (Å²) in [6.45, 7) is 2.13. The maximum absolute atomic E-state index is 13.0. The van der Waals surface area contributed by atoms with Gasteiger partial charge >= 0.3 is 6.18 Å². The van der Waals surface area contributed by atoms with E-state index < -0.39 is 24.8 Å². The largest absolute Gasteiger partial charge is 0.433 e. The van der Waals surface area contributed by atoms with Crippen molar-refractivity contribution in [3.8, 4) is 0 Å². The van der Waals surface area contributed by atoms with Crippen molar-refractivity contribution in [3.63, 3.8) is 0 Å². The van der Waals surface area contributed by atoms with Crippen LogP contribution in [-0.4, -0.2) is 57.3 Å². The molecule has 3 aromatic heterocycles. The van der Waals surface area contributed by atoms with Crippen molar-refractivity contribution in [1.29, 1.82) is 0 Å². The number of fused-ring (bicyclic) bond motifs is 1. The molecule has 12 heteroatoms. The number of anilines is 2. The van der Waals surface area contributed by atoms with Crippen molar-refractivity contribution >= 4 is 22.7 Å². The molecule has 0 aromatic carbocycles. The van der Waals surface area contributed by atoms with Gasteiger partial charge in [0.1, 0.15) is 23.6 Å². The molecular weight excluding hydrogens is 433 g/mol. The minimum absolute atomic E-state index is 0.0697. The van der Waals surface area contributed by atoms with Crippen LogP contribution in [0.5, 0.6) is 0 Å². The van der Waals surface area contributed by atoms with Crippen molar-refractivity contribution in [3.05, 3.63) is 36.4 Å². The molecule has 2 aliphatic heterocycles. The highest BCUT2D eigenvalue weighted by Crippen LogP contribution is 2.43. The molecule has 2 fully saturated rings. The Morgan fingerprint density at radius 1 is 1.06 bits per heavy atom. The second-order valence-electron chi connectivity index (χ2n) is 8.43. The molecule has 32 heavy (non-hydrogen) atoms. The van der Waals surface area contributed by atoms with Crippen LogP contribution in [0.25, 0.3) is 11.2 Å². The van der Waals surface area contributed by atoms with Gasteiger partial charge in [0.2, 0.25) is 0 Å². The van der Waals surface area contributed by atoms with E-state index in [4.69, 9.17) is 0 Å². The van der Waals surface area contributed by atoms with E-state index in [1.54, 1.807) is 12.3 Å². The first kappa shape index (κ1) is 20.8. The quantitative estimate of drug-likeness (QED) is 0.563. The molecule has 0 saturated carbocycles. The van der Waals surface area contributed by atoms with Crippen LogP contribution in [0, 0.1) is 5.41 Å². The Morgan fingerprint density at radius 2 is 1.84 bits per heavy atom. The highest BCUT2D eigenvalue weighted by Gasteiger charge is 2.46. The Kier molecular flexibility index (Phi) is 4.90. The van der Waals surface area contributed by atoms with Crippen LogP contribution in [0.4, 0.5) is 33.5 Å². The number of piperidine rings is 1. The Bertz CT molecular complexity index is 1120. The van der Waals surface area contributed by atoms with Gasteiger partial charge in [0.05, 0.1) is 12.4 Å². The molecule has 5 heterocycles. The molecule has 0 N–H and O–H groups in total. The third-order valence-electron chi connectivity index (χ3n) is 6.08. The Labute approximate surface area is 179 Å². The summed E-state index contributed by atoms with van der Waals surface area (Å²) >= 11 is 0. The highest BCUT2D eigenvalue weighted by atomic mass is 19.4. The standard InChI is InChI=1S/C20H20F5N7/c21-16(22)9-32-18-14(7-28-32)27-8-17(29-18)30-5-1-3-19(10-30)11-31(12-19)13-2-4-26-15(6-13)20(23,24)25/h2,4,6-8,16H,1,3,5,9-12H2. The Hall–Kier alpha value is -3.05. The SMILES string of the molecule is FC(F)Cn1ncc2ncc(N3CCCC4(CN(c5ccnc(C(F)(F)F)c5)C4)C3)nc21. The maximum atomic E-state index is 13.0. The summed E-state index contributed by atoms with van der Waals surface area (Å²) in [6.07, 6.45) is -0.957. The Morgan fingerprint density at radius 3 is 2.59 bits per heavy atom. The summed E-state index contributed by atoms with van der Waals surface area (Å²) < 4.78 is 65.7. The molecule has 170 valence electrons. The van der Waals surface area contributed by atoms with Crippen molar-refractivity contribution in [1.82, 2.24) is 24.7 Å². The molecule has 0 atom stereocenters. The van der Waals surface area contributed by atoms with E-state index in [9.17, 15) is 22.0 Å². The lowest BCUT2D eigenvalue weighted by Gasteiger charge is -2.55. The summed E-state index contributed by atoms with van der Waals surface area (Å²) in [7, 11) is 0. The van der Waals surface area contributed by atoms with Gasteiger partial charge in [0, 0.05) is 43.5 Å². The number of nitrogens with zero attached hydrogens (tertiary/aromatic N) is 7. The number of hydrogen-bond donors (Lipinski definition) is 0. The molecule has 3 aromatic rings. The molecule has 0 amide bonds. The van der Waals surface area contributed by atoms with Gasteiger partial charge in [0.25, 0.3) is 6.43 Å².